The smallest absolute Gasteiger partial charge is 0.251 e. The molecule has 0 aliphatic carbocycles. The number of fused-ring (bicyclic) bond motifs is 2. The molecule has 0 saturated carbocycles. The van der Waals surface area contributed by atoms with E-state index in [1.807, 2.05) is 37.3 Å². The van der Waals surface area contributed by atoms with E-state index in [-0.39, 0.29) is 12.5 Å². The molecule has 8 nitrogen and oxygen atoms in total. The number of imidazole rings is 1. The van der Waals surface area contributed by atoms with Crippen molar-refractivity contribution >= 4 is 46.1 Å². The minimum absolute atomic E-state index is 0.248. The number of halogens is 1. The molecule has 0 radical (unpaired) electrons. The first-order valence-corrected chi connectivity index (χ1v) is 10.6. The number of carbonyl (C=O) groups excluding carboxylic acids is 1. The number of aliphatic imine (C=N–C) groups is 1. The van der Waals surface area contributed by atoms with E-state index in [1.54, 1.807) is 35.4 Å². The second kappa shape index (κ2) is 9.62. The Morgan fingerprint density at radius 3 is 2.91 bits per heavy atom. The fourth-order valence-corrected chi connectivity index (χ4v) is 3.55. The lowest BCUT2D eigenvalue weighted by molar-refractivity contribution is -0.117. The highest BCUT2D eigenvalue weighted by molar-refractivity contribution is 6.31. The Kier molecular flexibility index (Phi) is 6.46. The highest BCUT2D eigenvalue weighted by Gasteiger charge is 2.09. The third-order valence-electron chi connectivity index (χ3n) is 4.96. The maximum absolute atomic E-state index is 12.6. The van der Waals surface area contributed by atoms with E-state index in [0.717, 1.165) is 22.0 Å². The van der Waals surface area contributed by atoms with E-state index >= 15 is 0 Å². The standard InChI is InChI=1S/C24H22ClN7O/c1-3-27-19(8-16-4-5-22-17(7-16)9-18(25)11-28-22)6-15(2)23(33)29-12-20-10-21-13-30-24(26)32(21)14-31-20/h3-7,9-11,13-14H,2,8,12H2,1H3,(H2,26,30)(H,29,33)/b19-6-,27-3?. The molecule has 3 heterocycles. The number of hydrogen-bond acceptors (Lipinski definition) is 6. The largest absolute Gasteiger partial charge is 0.369 e. The lowest BCUT2D eigenvalue weighted by Crippen LogP contribution is -2.24. The van der Waals surface area contributed by atoms with Gasteiger partial charge >= 0.3 is 0 Å². The molecule has 9 heteroatoms. The molecule has 0 fully saturated rings. The van der Waals surface area contributed by atoms with Crippen molar-refractivity contribution in [2.24, 2.45) is 4.99 Å². The van der Waals surface area contributed by atoms with Crippen LogP contribution in [-0.2, 0) is 17.8 Å². The highest BCUT2D eigenvalue weighted by Crippen LogP contribution is 2.20. The summed E-state index contributed by atoms with van der Waals surface area (Å²) in [6.07, 6.45) is 8.75. The zero-order valence-electron chi connectivity index (χ0n) is 18.0. The van der Waals surface area contributed by atoms with Gasteiger partial charge in [-0.3, -0.25) is 19.2 Å². The molecule has 0 aliphatic heterocycles. The molecule has 0 aliphatic rings. The van der Waals surface area contributed by atoms with Gasteiger partial charge in [0.05, 0.1) is 34.5 Å². The Morgan fingerprint density at radius 1 is 1.24 bits per heavy atom. The highest BCUT2D eigenvalue weighted by atomic mass is 35.5. The van der Waals surface area contributed by atoms with Gasteiger partial charge in [0, 0.05) is 35.5 Å². The van der Waals surface area contributed by atoms with Crippen LogP contribution in [0.25, 0.3) is 16.4 Å². The zero-order chi connectivity index (χ0) is 23.4. The summed E-state index contributed by atoms with van der Waals surface area (Å²) in [6, 6.07) is 9.62. The Balaban J connectivity index is 1.44. The molecule has 0 spiro atoms. The monoisotopic (exact) mass is 459 g/mol. The second-order valence-electron chi connectivity index (χ2n) is 7.38. The van der Waals surface area contributed by atoms with Crippen molar-refractivity contribution in [1.82, 2.24) is 24.7 Å². The third kappa shape index (κ3) is 5.24. The molecule has 3 N–H and O–H groups in total. The molecule has 1 amide bonds. The van der Waals surface area contributed by atoms with Crippen LogP contribution < -0.4 is 11.1 Å². The molecule has 1 aromatic carbocycles. The fraction of sp³-hybridized carbons (Fsp3) is 0.125. The van der Waals surface area contributed by atoms with E-state index in [0.29, 0.717) is 34.4 Å². The lowest BCUT2D eigenvalue weighted by atomic mass is 10.1. The average Bonchev–Trinajstić information content (AvgIpc) is 3.17. The fourth-order valence-electron chi connectivity index (χ4n) is 3.38. The molecular formula is C24H22ClN7O. The first kappa shape index (κ1) is 22.2. The topological polar surface area (TPSA) is 111 Å². The first-order valence-electron chi connectivity index (χ1n) is 10.2. The molecule has 4 aromatic rings. The van der Waals surface area contributed by atoms with Crippen LogP contribution >= 0.6 is 11.6 Å². The second-order valence-corrected chi connectivity index (χ2v) is 7.82. The average molecular weight is 460 g/mol. The Morgan fingerprint density at radius 2 is 2.09 bits per heavy atom. The molecule has 0 saturated heterocycles. The van der Waals surface area contributed by atoms with Gasteiger partial charge in [0.2, 0.25) is 5.95 Å². The quantitative estimate of drug-likeness (QED) is 0.247. The van der Waals surface area contributed by atoms with Crippen molar-refractivity contribution in [2.45, 2.75) is 19.9 Å². The van der Waals surface area contributed by atoms with Crippen LogP contribution in [0.3, 0.4) is 0 Å². The number of hydrogen-bond donors (Lipinski definition) is 2. The van der Waals surface area contributed by atoms with E-state index in [4.69, 9.17) is 17.3 Å². The van der Waals surface area contributed by atoms with E-state index in [1.165, 1.54) is 0 Å². The molecule has 0 unspecified atom stereocenters. The molecule has 4 rings (SSSR count). The summed E-state index contributed by atoms with van der Waals surface area (Å²) in [4.78, 5) is 29.6. The van der Waals surface area contributed by atoms with E-state index < -0.39 is 0 Å². The normalized spacial score (nSPS) is 12.0. The number of allylic oxidation sites excluding steroid dienone is 1. The number of nitrogens with one attached hydrogen (secondary N) is 1. The van der Waals surface area contributed by atoms with Crippen LogP contribution in [0, 0.1) is 0 Å². The van der Waals surface area contributed by atoms with Gasteiger partial charge in [-0.15, -0.1) is 0 Å². The van der Waals surface area contributed by atoms with Gasteiger partial charge in [-0.25, -0.2) is 9.97 Å². The summed E-state index contributed by atoms with van der Waals surface area (Å²) >= 11 is 6.07. The van der Waals surface area contributed by atoms with Crippen molar-refractivity contribution in [3.63, 3.8) is 0 Å². The van der Waals surface area contributed by atoms with Crippen LogP contribution in [0.15, 0.2) is 78.0 Å². The molecule has 33 heavy (non-hydrogen) atoms. The molecular weight excluding hydrogens is 438 g/mol. The van der Waals surface area contributed by atoms with Gasteiger partial charge < -0.3 is 11.1 Å². The molecule has 0 atom stereocenters. The summed E-state index contributed by atoms with van der Waals surface area (Å²) < 4.78 is 1.67. The van der Waals surface area contributed by atoms with Gasteiger partial charge in [0.15, 0.2) is 0 Å². The van der Waals surface area contributed by atoms with Gasteiger partial charge in [-0.2, -0.15) is 0 Å². The van der Waals surface area contributed by atoms with Crippen LogP contribution in [0.1, 0.15) is 18.2 Å². The van der Waals surface area contributed by atoms with Gasteiger partial charge in [0.1, 0.15) is 6.33 Å². The number of aromatic nitrogens is 4. The molecule has 166 valence electrons. The summed E-state index contributed by atoms with van der Waals surface area (Å²) in [5.41, 5.74) is 10.1. The minimum Gasteiger partial charge on any atom is -0.369 e. The molecule has 3 aromatic heterocycles. The third-order valence-corrected chi connectivity index (χ3v) is 5.17. The number of pyridine rings is 1. The van der Waals surface area contributed by atoms with Crippen molar-refractivity contribution in [3.05, 3.63) is 89.3 Å². The number of benzene rings is 1. The van der Waals surface area contributed by atoms with Crippen LogP contribution in [0.5, 0.6) is 0 Å². The summed E-state index contributed by atoms with van der Waals surface area (Å²) in [6.45, 7) is 5.98. The van der Waals surface area contributed by atoms with Gasteiger partial charge in [0.25, 0.3) is 5.91 Å². The number of amides is 1. The number of nitrogen functional groups attached to an aromatic ring is 1. The lowest BCUT2D eigenvalue weighted by Gasteiger charge is -2.08. The number of carbonyl (C=O) groups is 1. The van der Waals surface area contributed by atoms with Gasteiger partial charge in [-0.05, 0) is 42.8 Å². The van der Waals surface area contributed by atoms with Crippen LogP contribution in [0.4, 0.5) is 5.95 Å². The maximum Gasteiger partial charge on any atom is 0.251 e. The van der Waals surface area contributed by atoms with Crippen LogP contribution in [-0.4, -0.2) is 31.5 Å². The number of nitrogens with two attached hydrogens (primary N) is 1. The number of rotatable bonds is 7. The Labute approximate surface area is 195 Å². The van der Waals surface area contributed by atoms with Crippen molar-refractivity contribution in [3.8, 4) is 0 Å². The predicted molar refractivity (Wildman–Crippen MR) is 131 cm³/mol. The Hall–Kier alpha value is -4.04. The predicted octanol–water partition coefficient (Wildman–Crippen LogP) is 3.90. The number of nitrogens with zero attached hydrogens (tertiary/aromatic N) is 5. The summed E-state index contributed by atoms with van der Waals surface area (Å²) in [5.74, 6) is 0.0596. The SMILES string of the molecule is C=C(/C=C(/Cc1ccc2ncc(Cl)cc2c1)N=CC)C(=O)NCc1cc2cnc(N)n2cn1. The number of anilines is 1. The Bertz CT molecular complexity index is 1420. The van der Waals surface area contributed by atoms with Crippen molar-refractivity contribution in [1.29, 1.82) is 0 Å². The summed E-state index contributed by atoms with van der Waals surface area (Å²) in [7, 11) is 0. The summed E-state index contributed by atoms with van der Waals surface area (Å²) in [5, 5.41) is 4.36. The molecule has 0 bridgehead atoms. The minimum atomic E-state index is -0.303. The first-order chi connectivity index (χ1) is 15.9. The van der Waals surface area contributed by atoms with Gasteiger partial charge in [-0.1, -0.05) is 24.2 Å². The zero-order valence-corrected chi connectivity index (χ0v) is 18.8. The van der Waals surface area contributed by atoms with Crippen molar-refractivity contribution < 1.29 is 4.79 Å². The van der Waals surface area contributed by atoms with Crippen molar-refractivity contribution in [2.75, 3.05) is 5.73 Å². The van der Waals surface area contributed by atoms with E-state index in [2.05, 4.69) is 31.8 Å². The van der Waals surface area contributed by atoms with E-state index in [9.17, 15) is 4.79 Å². The maximum atomic E-state index is 12.6. The van der Waals surface area contributed by atoms with Crippen LogP contribution in [0.2, 0.25) is 5.02 Å².